The Balaban J connectivity index is 1.90. The lowest BCUT2D eigenvalue weighted by molar-refractivity contribution is 0.104. The minimum absolute atomic E-state index is 0.203. The molecule has 3 N–H and O–H groups in total. The largest absolute Gasteiger partial charge is 0.441 e. The van der Waals surface area contributed by atoms with Crippen LogP contribution >= 0.6 is 0 Å². The molecule has 1 unspecified atom stereocenters. The van der Waals surface area contributed by atoms with Crippen molar-refractivity contribution < 1.29 is 14.3 Å². The van der Waals surface area contributed by atoms with Crippen molar-refractivity contribution in [2.24, 2.45) is 5.92 Å². The van der Waals surface area contributed by atoms with E-state index in [-0.39, 0.29) is 18.5 Å². The number of aliphatic hydroxyl groups excluding tert-OH is 1. The number of oxazole rings is 1. The number of benzene rings is 1. The highest BCUT2D eigenvalue weighted by atomic mass is 16.3. The summed E-state index contributed by atoms with van der Waals surface area (Å²) in [5.41, 5.74) is 2.02. The standard InChI is InChI=1S/C16H23N3O3/c1-4-11(5-2)14(20)9-17-16(21)19-12-6-7-15-13(8-12)18-10(3)22-15/h6-8,11,14,20H,4-5,9H2,1-3H3,(H2,17,19,21). The summed E-state index contributed by atoms with van der Waals surface area (Å²) in [5, 5.41) is 15.4. The summed E-state index contributed by atoms with van der Waals surface area (Å²) in [5.74, 6) is 0.791. The summed E-state index contributed by atoms with van der Waals surface area (Å²) in [4.78, 5) is 16.1. The molecule has 120 valence electrons. The maximum atomic E-state index is 11.9. The van der Waals surface area contributed by atoms with Crippen LogP contribution in [0.25, 0.3) is 11.1 Å². The minimum atomic E-state index is -0.526. The van der Waals surface area contributed by atoms with Gasteiger partial charge in [0.25, 0.3) is 0 Å². The van der Waals surface area contributed by atoms with E-state index in [9.17, 15) is 9.90 Å². The van der Waals surface area contributed by atoms with Crippen LogP contribution < -0.4 is 10.6 Å². The summed E-state index contributed by atoms with van der Waals surface area (Å²) in [7, 11) is 0. The molecule has 22 heavy (non-hydrogen) atoms. The molecule has 0 aliphatic carbocycles. The molecule has 1 atom stereocenters. The molecule has 0 saturated heterocycles. The third kappa shape index (κ3) is 3.98. The summed E-state index contributed by atoms with van der Waals surface area (Å²) < 4.78 is 5.39. The number of aryl methyl sites for hydroxylation is 1. The third-order valence-electron chi connectivity index (χ3n) is 3.82. The summed E-state index contributed by atoms with van der Waals surface area (Å²) >= 11 is 0. The van der Waals surface area contributed by atoms with Gasteiger partial charge >= 0.3 is 6.03 Å². The van der Waals surface area contributed by atoms with E-state index in [4.69, 9.17) is 4.42 Å². The second-order valence-electron chi connectivity index (χ2n) is 5.39. The van der Waals surface area contributed by atoms with Gasteiger partial charge in [-0.15, -0.1) is 0 Å². The molecular weight excluding hydrogens is 282 g/mol. The van der Waals surface area contributed by atoms with Crippen molar-refractivity contribution in [3.63, 3.8) is 0 Å². The molecule has 0 saturated carbocycles. The maximum Gasteiger partial charge on any atom is 0.319 e. The first kappa shape index (κ1) is 16.3. The number of carbonyl (C=O) groups is 1. The Hall–Kier alpha value is -2.08. The molecule has 2 amide bonds. The van der Waals surface area contributed by atoms with Gasteiger partial charge in [0.05, 0.1) is 6.10 Å². The highest BCUT2D eigenvalue weighted by Crippen LogP contribution is 2.19. The zero-order chi connectivity index (χ0) is 16.1. The van der Waals surface area contributed by atoms with Gasteiger partial charge in [0, 0.05) is 19.2 Å². The molecule has 1 heterocycles. The fourth-order valence-corrected chi connectivity index (χ4v) is 2.49. The van der Waals surface area contributed by atoms with E-state index in [0.29, 0.717) is 22.7 Å². The van der Waals surface area contributed by atoms with E-state index < -0.39 is 6.10 Å². The number of amides is 2. The van der Waals surface area contributed by atoms with E-state index in [1.807, 2.05) is 13.8 Å². The van der Waals surface area contributed by atoms with Gasteiger partial charge in [-0.05, 0) is 24.1 Å². The predicted octanol–water partition coefficient (Wildman–Crippen LogP) is 3.05. The SMILES string of the molecule is CCC(CC)C(O)CNC(=O)Nc1ccc2oc(C)nc2c1. The van der Waals surface area contributed by atoms with Crippen LogP contribution in [0.15, 0.2) is 22.6 Å². The minimum Gasteiger partial charge on any atom is -0.441 e. The molecule has 0 bridgehead atoms. The molecule has 0 fully saturated rings. The van der Waals surface area contributed by atoms with Crippen LogP contribution in [0.3, 0.4) is 0 Å². The van der Waals surface area contributed by atoms with Gasteiger partial charge in [0.1, 0.15) is 5.52 Å². The molecule has 0 aliphatic rings. The van der Waals surface area contributed by atoms with E-state index in [0.717, 1.165) is 12.8 Å². The normalized spacial score (nSPS) is 12.6. The van der Waals surface area contributed by atoms with Crippen molar-refractivity contribution in [2.75, 3.05) is 11.9 Å². The van der Waals surface area contributed by atoms with Gasteiger partial charge < -0.3 is 20.2 Å². The Morgan fingerprint density at radius 3 is 2.77 bits per heavy atom. The molecule has 1 aromatic heterocycles. The Bertz CT molecular complexity index is 635. The van der Waals surface area contributed by atoms with Gasteiger partial charge in [-0.3, -0.25) is 0 Å². The number of nitrogens with zero attached hydrogens (tertiary/aromatic N) is 1. The topological polar surface area (TPSA) is 87.4 Å². The zero-order valence-electron chi connectivity index (χ0n) is 13.2. The number of anilines is 1. The van der Waals surface area contributed by atoms with E-state index in [1.165, 1.54) is 0 Å². The van der Waals surface area contributed by atoms with Gasteiger partial charge in [-0.25, -0.2) is 9.78 Å². The average molecular weight is 305 g/mol. The fourth-order valence-electron chi connectivity index (χ4n) is 2.49. The van der Waals surface area contributed by atoms with Crippen LogP contribution in [0.4, 0.5) is 10.5 Å². The van der Waals surface area contributed by atoms with Gasteiger partial charge in [-0.1, -0.05) is 26.7 Å². The van der Waals surface area contributed by atoms with Gasteiger partial charge in [-0.2, -0.15) is 0 Å². The summed E-state index contributed by atoms with van der Waals surface area (Å²) in [6.07, 6.45) is 1.26. The van der Waals surface area contributed by atoms with Crippen molar-refractivity contribution in [3.05, 3.63) is 24.1 Å². The van der Waals surface area contributed by atoms with Crippen LogP contribution in [-0.2, 0) is 0 Å². The number of rotatable bonds is 6. The number of nitrogens with one attached hydrogen (secondary N) is 2. The maximum absolute atomic E-state index is 11.9. The van der Waals surface area contributed by atoms with E-state index in [1.54, 1.807) is 25.1 Å². The molecule has 0 aliphatic heterocycles. The highest BCUT2D eigenvalue weighted by molar-refractivity contribution is 5.91. The van der Waals surface area contributed by atoms with Crippen LogP contribution in [0.1, 0.15) is 32.6 Å². The lowest BCUT2D eigenvalue weighted by Crippen LogP contribution is -2.38. The van der Waals surface area contributed by atoms with E-state index >= 15 is 0 Å². The summed E-state index contributed by atoms with van der Waals surface area (Å²) in [6.45, 7) is 6.09. The van der Waals surface area contributed by atoms with E-state index in [2.05, 4.69) is 15.6 Å². The monoisotopic (exact) mass is 305 g/mol. The zero-order valence-corrected chi connectivity index (χ0v) is 13.2. The number of urea groups is 1. The number of aromatic nitrogens is 1. The highest BCUT2D eigenvalue weighted by Gasteiger charge is 2.16. The first-order valence-corrected chi connectivity index (χ1v) is 7.63. The Morgan fingerprint density at radius 1 is 1.36 bits per heavy atom. The van der Waals surface area contributed by atoms with Crippen molar-refractivity contribution in [3.8, 4) is 0 Å². The van der Waals surface area contributed by atoms with Gasteiger partial charge in [0.2, 0.25) is 0 Å². The average Bonchev–Trinajstić information content (AvgIpc) is 2.85. The van der Waals surface area contributed by atoms with Crippen molar-refractivity contribution >= 4 is 22.8 Å². The number of aliphatic hydroxyl groups is 1. The Labute approximate surface area is 129 Å². The molecule has 1 aromatic carbocycles. The number of hydrogen-bond donors (Lipinski definition) is 3. The second kappa shape index (κ2) is 7.26. The predicted molar refractivity (Wildman–Crippen MR) is 85.8 cm³/mol. The molecular formula is C16H23N3O3. The van der Waals surface area contributed by atoms with Crippen LogP contribution in [0.2, 0.25) is 0 Å². The lowest BCUT2D eigenvalue weighted by Gasteiger charge is -2.20. The quantitative estimate of drug-likeness (QED) is 0.765. The van der Waals surface area contributed by atoms with Gasteiger partial charge in [0.15, 0.2) is 11.5 Å². The third-order valence-corrected chi connectivity index (χ3v) is 3.82. The van der Waals surface area contributed by atoms with Crippen LogP contribution in [-0.4, -0.2) is 28.8 Å². The van der Waals surface area contributed by atoms with Crippen molar-refractivity contribution in [1.29, 1.82) is 0 Å². The Kier molecular flexibility index (Phi) is 5.38. The number of fused-ring (bicyclic) bond motifs is 1. The van der Waals surface area contributed by atoms with Crippen molar-refractivity contribution in [1.82, 2.24) is 10.3 Å². The van der Waals surface area contributed by atoms with Crippen LogP contribution in [0.5, 0.6) is 0 Å². The summed E-state index contributed by atoms with van der Waals surface area (Å²) in [6, 6.07) is 4.93. The molecule has 2 rings (SSSR count). The second-order valence-corrected chi connectivity index (χ2v) is 5.39. The molecule has 2 aromatic rings. The first-order valence-electron chi connectivity index (χ1n) is 7.63. The number of carbonyl (C=O) groups excluding carboxylic acids is 1. The molecule has 0 radical (unpaired) electrons. The first-order chi connectivity index (χ1) is 10.5. The van der Waals surface area contributed by atoms with Crippen molar-refractivity contribution in [2.45, 2.75) is 39.7 Å². The van der Waals surface area contributed by atoms with Crippen LogP contribution in [0, 0.1) is 12.8 Å². The smallest absolute Gasteiger partial charge is 0.319 e. The molecule has 6 heteroatoms. The molecule has 6 nitrogen and oxygen atoms in total. The Morgan fingerprint density at radius 2 is 2.09 bits per heavy atom. The lowest BCUT2D eigenvalue weighted by atomic mass is 9.97. The molecule has 0 spiro atoms. The number of hydrogen-bond acceptors (Lipinski definition) is 4. The fraction of sp³-hybridized carbons (Fsp3) is 0.500.